The molecule has 1 unspecified atom stereocenters. The first-order valence-corrected chi connectivity index (χ1v) is 6.32. The summed E-state index contributed by atoms with van der Waals surface area (Å²) >= 11 is 0. The largest absolute Gasteiger partial charge is 0.507 e. The van der Waals surface area contributed by atoms with Gasteiger partial charge in [-0.05, 0) is 31.4 Å². The molecule has 0 bridgehead atoms. The molecule has 0 aliphatic rings. The summed E-state index contributed by atoms with van der Waals surface area (Å²) in [5, 5.41) is 22.1. The number of hydrogen-bond donors (Lipinski definition) is 4. The smallest absolute Gasteiger partial charge is 0.259 e. The van der Waals surface area contributed by atoms with E-state index in [2.05, 4.69) is 5.32 Å². The molecule has 0 saturated carbocycles. The Bertz CT molecular complexity index is 440. The van der Waals surface area contributed by atoms with Gasteiger partial charge in [-0.15, -0.1) is 0 Å². The van der Waals surface area contributed by atoms with E-state index >= 15 is 0 Å². The first-order chi connectivity index (χ1) is 8.79. The van der Waals surface area contributed by atoms with E-state index in [-0.39, 0.29) is 23.6 Å². The van der Waals surface area contributed by atoms with Gasteiger partial charge in [0.1, 0.15) is 17.1 Å². The molecule has 0 spiro atoms. The Morgan fingerprint density at radius 3 is 2.32 bits per heavy atom. The van der Waals surface area contributed by atoms with Gasteiger partial charge in [-0.3, -0.25) is 4.79 Å². The SMILES string of the molecule is CC(C)CC(C)(CN)NC(=O)c1c(O)cccc1O. The molecule has 106 valence electrons. The van der Waals surface area contributed by atoms with Crippen molar-refractivity contribution in [2.45, 2.75) is 32.7 Å². The van der Waals surface area contributed by atoms with E-state index in [1.54, 1.807) is 0 Å². The number of nitrogens with one attached hydrogen (secondary N) is 1. The van der Waals surface area contributed by atoms with E-state index in [0.29, 0.717) is 12.3 Å². The van der Waals surface area contributed by atoms with E-state index < -0.39 is 11.4 Å². The van der Waals surface area contributed by atoms with Crippen molar-refractivity contribution in [1.29, 1.82) is 0 Å². The minimum atomic E-state index is -0.569. The fraction of sp³-hybridized carbons (Fsp3) is 0.500. The number of amides is 1. The average molecular weight is 266 g/mol. The van der Waals surface area contributed by atoms with Crippen molar-refractivity contribution < 1.29 is 15.0 Å². The van der Waals surface area contributed by atoms with E-state index in [1.165, 1.54) is 18.2 Å². The second-order valence-corrected chi connectivity index (χ2v) is 5.49. The highest BCUT2D eigenvalue weighted by Crippen LogP contribution is 2.27. The maximum atomic E-state index is 12.2. The lowest BCUT2D eigenvalue weighted by molar-refractivity contribution is 0.0892. The Kier molecular flexibility index (Phi) is 4.78. The molecule has 5 N–H and O–H groups in total. The summed E-state index contributed by atoms with van der Waals surface area (Å²) in [5.41, 5.74) is 5.03. The fourth-order valence-corrected chi connectivity index (χ4v) is 2.18. The number of carbonyl (C=O) groups excluding carboxylic acids is 1. The lowest BCUT2D eigenvalue weighted by Crippen LogP contribution is -2.52. The van der Waals surface area contributed by atoms with Crippen LogP contribution in [0, 0.1) is 5.92 Å². The molecule has 5 nitrogen and oxygen atoms in total. The van der Waals surface area contributed by atoms with Gasteiger partial charge in [-0.25, -0.2) is 0 Å². The van der Waals surface area contributed by atoms with Crippen LogP contribution in [0.4, 0.5) is 0 Å². The van der Waals surface area contributed by atoms with Crippen LogP contribution in [0.1, 0.15) is 37.6 Å². The summed E-state index contributed by atoms with van der Waals surface area (Å²) in [6, 6.07) is 4.19. The lowest BCUT2D eigenvalue weighted by atomic mass is 9.90. The van der Waals surface area contributed by atoms with Crippen molar-refractivity contribution in [2.24, 2.45) is 11.7 Å². The minimum absolute atomic E-state index is 0.120. The zero-order valence-corrected chi connectivity index (χ0v) is 11.6. The number of phenols is 2. The number of carbonyl (C=O) groups is 1. The molecule has 0 saturated heterocycles. The predicted octanol–water partition coefficient (Wildman–Crippen LogP) is 1.59. The molecular weight excluding hydrogens is 244 g/mol. The van der Waals surface area contributed by atoms with Gasteiger partial charge in [0.15, 0.2) is 0 Å². The van der Waals surface area contributed by atoms with Crippen molar-refractivity contribution in [3.05, 3.63) is 23.8 Å². The Balaban J connectivity index is 2.95. The lowest BCUT2D eigenvalue weighted by Gasteiger charge is -2.31. The number of rotatable bonds is 5. The van der Waals surface area contributed by atoms with E-state index in [1.807, 2.05) is 20.8 Å². The summed E-state index contributed by atoms with van der Waals surface area (Å²) in [4.78, 5) is 12.2. The molecule has 1 amide bonds. The molecule has 0 heterocycles. The first kappa shape index (κ1) is 15.3. The summed E-state index contributed by atoms with van der Waals surface area (Å²) in [6.45, 7) is 6.21. The molecule has 5 heteroatoms. The van der Waals surface area contributed by atoms with Crippen LogP contribution in [-0.4, -0.2) is 28.2 Å². The molecule has 0 radical (unpaired) electrons. The third-order valence-corrected chi connectivity index (χ3v) is 2.97. The Hall–Kier alpha value is -1.75. The van der Waals surface area contributed by atoms with Gasteiger partial charge in [-0.1, -0.05) is 19.9 Å². The normalized spacial score (nSPS) is 14.2. The standard InChI is InChI=1S/C14H22N2O3/c1-9(2)7-14(3,8-15)16-13(19)12-10(17)5-4-6-11(12)18/h4-6,9,17-18H,7-8,15H2,1-3H3,(H,16,19). The minimum Gasteiger partial charge on any atom is -0.507 e. The number of aromatic hydroxyl groups is 2. The van der Waals surface area contributed by atoms with Gasteiger partial charge in [0, 0.05) is 12.1 Å². The summed E-state index contributed by atoms with van der Waals surface area (Å²) in [7, 11) is 0. The topological polar surface area (TPSA) is 95.6 Å². The monoisotopic (exact) mass is 266 g/mol. The fourth-order valence-electron chi connectivity index (χ4n) is 2.18. The van der Waals surface area contributed by atoms with Crippen molar-refractivity contribution in [2.75, 3.05) is 6.54 Å². The molecule has 1 aromatic rings. The maximum absolute atomic E-state index is 12.2. The van der Waals surface area contributed by atoms with Gasteiger partial charge in [0.05, 0.1) is 0 Å². The zero-order chi connectivity index (χ0) is 14.6. The van der Waals surface area contributed by atoms with Crippen LogP contribution in [-0.2, 0) is 0 Å². The maximum Gasteiger partial charge on any atom is 0.259 e. The molecule has 0 aliphatic carbocycles. The molecule has 0 aromatic heterocycles. The molecule has 0 aliphatic heterocycles. The highest BCUT2D eigenvalue weighted by molar-refractivity contribution is 5.99. The third-order valence-electron chi connectivity index (χ3n) is 2.97. The van der Waals surface area contributed by atoms with Crippen LogP contribution in [0.2, 0.25) is 0 Å². The van der Waals surface area contributed by atoms with Crippen molar-refractivity contribution in [3.63, 3.8) is 0 Å². The molecule has 1 rings (SSSR count). The average Bonchev–Trinajstić information content (AvgIpc) is 2.27. The van der Waals surface area contributed by atoms with Gasteiger partial charge in [-0.2, -0.15) is 0 Å². The second-order valence-electron chi connectivity index (χ2n) is 5.49. The highest BCUT2D eigenvalue weighted by atomic mass is 16.3. The molecular formula is C14H22N2O3. The van der Waals surface area contributed by atoms with Gasteiger partial charge >= 0.3 is 0 Å². The third kappa shape index (κ3) is 3.86. The van der Waals surface area contributed by atoms with E-state index in [9.17, 15) is 15.0 Å². The van der Waals surface area contributed by atoms with Crippen molar-refractivity contribution in [3.8, 4) is 11.5 Å². The van der Waals surface area contributed by atoms with E-state index in [4.69, 9.17) is 5.73 Å². The predicted molar refractivity (Wildman–Crippen MR) is 74.2 cm³/mol. The number of nitrogens with two attached hydrogens (primary N) is 1. The van der Waals surface area contributed by atoms with Crippen LogP contribution in [0.5, 0.6) is 11.5 Å². The number of phenolic OH excluding ortho intramolecular Hbond substituents is 2. The molecule has 1 aromatic carbocycles. The van der Waals surface area contributed by atoms with Gasteiger partial charge in [0.2, 0.25) is 0 Å². The molecule has 19 heavy (non-hydrogen) atoms. The van der Waals surface area contributed by atoms with Gasteiger partial charge < -0.3 is 21.3 Å². The summed E-state index contributed by atoms with van der Waals surface area (Å²) < 4.78 is 0. The Labute approximate surface area is 113 Å². The first-order valence-electron chi connectivity index (χ1n) is 6.32. The van der Waals surface area contributed by atoms with Crippen molar-refractivity contribution >= 4 is 5.91 Å². The Morgan fingerprint density at radius 2 is 1.89 bits per heavy atom. The van der Waals surface area contributed by atoms with Crippen molar-refractivity contribution in [1.82, 2.24) is 5.32 Å². The highest BCUT2D eigenvalue weighted by Gasteiger charge is 2.28. The van der Waals surface area contributed by atoms with Crippen LogP contribution < -0.4 is 11.1 Å². The van der Waals surface area contributed by atoms with Crippen LogP contribution in [0.3, 0.4) is 0 Å². The number of hydrogen-bond acceptors (Lipinski definition) is 4. The summed E-state index contributed by atoms with van der Waals surface area (Å²) in [6.07, 6.45) is 0.712. The number of benzene rings is 1. The molecule has 0 fully saturated rings. The van der Waals surface area contributed by atoms with Gasteiger partial charge in [0.25, 0.3) is 5.91 Å². The summed E-state index contributed by atoms with van der Waals surface area (Å²) in [5.74, 6) is -0.654. The second kappa shape index (κ2) is 5.93. The quantitative estimate of drug-likeness (QED) is 0.651. The van der Waals surface area contributed by atoms with Crippen LogP contribution in [0.15, 0.2) is 18.2 Å². The van der Waals surface area contributed by atoms with Crippen LogP contribution in [0.25, 0.3) is 0 Å². The molecule has 1 atom stereocenters. The zero-order valence-electron chi connectivity index (χ0n) is 11.6. The Morgan fingerprint density at radius 1 is 1.37 bits per heavy atom. The van der Waals surface area contributed by atoms with E-state index in [0.717, 1.165) is 0 Å². The van der Waals surface area contributed by atoms with Crippen LogP contribution >= 0.6 is 0 Å².